The van der Waals surface area contributed by atoms with Gasteiger partial charge in [-0.3, -0.25) is 4.79 Å². The molecule has 0 aromatic heterocycles. The maximum absolute atomic E-state index is 14.0. The zero-order valence-corrected chi connectivity index (χ0v) is 21.3. The summed E-state index contributed by atoms with van der Waals surface area (Å²) in [7, 11) is 1.66. The molecule has 2 aliphatic rings. The molecule has 1 heterocycles. The lowest BCUT2D eigenvalue weighted by Crippen LogP contribution is -2.38. The van der Waals surface area contributed by atoms with E-state index in [1.807, 2.05) is 71.6 Å². The number of carbonyl (C=O) groups excluding carboxylic acids is 1. The number of anilines is 1. The Labute approximate surface area is 214 Å². The van der Waals surface area contributed by atoms with E-state index < -0.39 is 5.41 Å². The molecule has 1 saturated carbocycles. The lowest BCUT2D eigenvalue weighted by Gasteiger charge is -2.23. The van der Waals surface area contributed by atoms with E-state index in [9.17, 15) is 4.79 Å². The van der Waals surface area contributed by atoms with Gasteiger partial charge in [-0.15, -0.1) is 0 Å². The van der Waals surface area contributed by atoms with Crippen LogP contribution in [0.5, 0.6) is 5.75 Å². The van der Waals surface area contributed by atoms with Gasteiger partial charge in [0, 0.05) is 10.0 Å². The second-order valence-corrected chi connectivity index (χ2v) is 9.93. The number of amides is 1. The first kappa shape index (κ1) is 23.4. The molecule has 1 aliphatic carbocycles. The molecule has 178 valence electrons. The van der Waals surface area contributed by atoms with Crippen LogP contribution < -0.4 is 15.4 Å². The molecule has 0 saturated heterocycles. The van der Waals surface area contributed by atoms with Crippen LogP contribution in [-0.2, 0) is 16.8 Å². The molecule has 1 spiro atoms. The number of nitrogens with zero attached hydrogens (tertiary/aromatic N) is 2. The number of aliphatic imine (C=N–C) groups is 1. The molecule has 5 nitrogen and oxygen atoms in total. The van der Waals surface area contributed by atoms with Gasteiger partial charge in [-0.1, -0.05) is 43.2 Å². The zero-order chi connectivity index (χ0) is 24.4. The first-order valence-electron chi connectivity index (χ1n) is 11.9. The fourth-order valence-corrected chi connectivity index (χ4v) is 5.99. The van der Waals surface area contributed by atoms with Crippen molar-refractivity contribution in [2.24, 2.45) is 10.7 Å². The number of halogens is 1. The van der Waals surface area contributed by atoms with Crippen molar-refractivity contribution in [3.63, 3.8) is 0 Å². The van der Waals surface area contributed by atoms with E-state index in [-0.39, 0.29) is 5.91 Å². The van der Waals surface area contributed by atoms with Crippen molar-refractivity contribution in [3.05, 3.63) is 100 Å². The van der Waals surface area contributed by atoms with Gasteiger partial charge in [0.2, 0.25) is 5.91 Å². The smallest absolute Gasteiger partial charge is 0.238 e. The van der Waals surface area contributed by atoms with Crippen LogP contribution in [0.4, 0.5) is 11.4 Å². The van der Waals surface area contributed by atoms with E-state index >= 15 is 0 Å². The Kier molecular flexibility index (Phi) is 6.48. The Hall–Kier alpha value is -3.38. The van der Waals surface area contributed by atoms with Gasteiger partial charge in [0.25, 0.3) is 0 Å². The summed E-state index contributed by atoms with van der Waals surface area (Å²) in [5.41, 5.74) is 11.0. The lowest BCUT2D eigenvalue weighted by molar-refractivity contribution is -0.123. The molecule has 0 bridgehead atoms. The summed E-state index contributed by atoms with van der Waals surface area (Å²) in [6, 6.07) is 21.9. The second-order valence-electron chi connectivity index (χ2n) is 9.07. The SMILES string of the molecule is COc1ccc(CN2C(=O)C3(CCCC3)c3cc(C(C=CN)=Nc4ccccc4)cc(Br)c32)cc1. The molecule has 1 amide bonds. The molecule has 2 N–H and O–H groups in total. The first-order valence-corrected chi connectivity index (χ1v) is 12.7. The maximum Gasteiger partial charge on any atom is 0.238 e. The van der Waals surface area contributed by atoms with Crippen LogP contribution in [0.3, 0.4) is 0 Å². The van der Waals surface area contributed by atoms with Crippen molar-refractivity contribution < 1.29 is 9.53 Å². The van der Waals surface area contributed by atoms with E-state index in [1.165, 1.54) is 6.20 Å². The summed E-state index contributed by atoms with van der Waals surface area (Å²) < 4.78 is 6.19. The monoisotopic (exact) mass is 529 g/mol. The van der Waals surface area contributed by atoms with Crippen molar-refractivity contribution >= 4 is 38.9 Å². The fraction of sp³-hybridized carbons (Fsp3) is 0.241. The van der Waals surface area contributed by atoms with Gasteiger partial charge in [0.15, 0.2) is 0 Å². The maximum atomic E-state index is 14.0. The van der Waals surface area contributed by atoms with Crippen molar-refractivity contribution in [3.8, 4) is 5.75 Å². The van der Waals surface area contributed by atoms with Crippen molar-refractivity contribution in [1.82, 2.24) is 0 Å². The predicted octanol–water partition coefficient (Wildman–Crippen LogP) is 6.41. The molecule has 1 aliphatic heterocycles. The molecular formula is C29H28BrN3O2. The largest absolute Gasteiger partial charge is 0.497 e. The summed E-state index contributed by atoms with van der Waals surface area (Å²) in [6.45, 7) is 0.517. The molecular weight excluding hydrogens is 502 g/mol. The molecule has 0 atom stereocenters. The molecule has 3 aromatic carbocycles. The summed E-state index contributed by atoms with van der Waals surface area (Å²) in [4.78, 5) is 20.8. The number of ether oxygens (including phenoxy) is 1. The summed E-state index contributed by atoms with van der Waals surface area (Å²) >= 11 is 3.81. The minimum Gasteiger partial charge on any atom is -0.497 e. The molecule has 6 heteroatoms. The van der Waals surface area contributed by atoms with Crippen LogP contribution in [0.2, 0.25) is 0 Å². The predicted molar refractivity (Wildman–Crippen MR) is 144 cm³/mol. The molecule has 5 rings (SSSR count). The van der Waals surface area contributed by atoms with Crippen LogP contribution in [0.15, 0.2) is 88.5 Å². The number of rotatable bonds is 6. The molecule has 1 fully saturated rings. The van der Waals surface area contributed by atoms with E-state index in [0.29, 0.717) is 6.54 Å². The topological polar surface area (TPSA) is 67.9 Å². The number of fused-ring (bicyclic) bond motifs is 2. The Morgan fingerprint density at radius 1 is 1.11 bits per heavy atom. The fourth-order valence-electron chi connectivity index (χ4n) is 5.32. The second kappa shape index (κ2) is 9.70. The summed E-state index contributed by atoms with van der Waals surface area (Å²) in [5, 5.41) is 0. The Bertz CT molecular complexity index is 1290. The lowest BCUT2D eigenvalue weighted by atomic mass is 9.79. The van der Waals surface area contributed by atoms with Gasteiger partial charge >= 0.3 is 0 Å². The van der Waals surface area contributed by atoms with Crippen LogP contribution >= 0.6 is 15.9 Å². The highest BCUT2D eigenvalue weighted by molar-refractivity contribution is 9.10. The van der Waals surface area contributed by atoms with Crippen molar-refractivity contribution in [2.45, 2.75) is 37.6 Å². The third-order valence-corrected chi connectivity index (χ3v) is 7.62. The van der Waals surface area contributed by atoms with Crippen molar-refractivity contribution in [1.29, 1.82) is 0 Å². The summed E-state index contributed by atoms with van der Waals surface area (Å²) in [5.74, 6) is 0.993. The Morgan fingerprint density at radius 3 is 2.49 bits per heavy atom. The van der Waals surface area contributed by atoms with E-state index in [2.05, 4.69) is 22.0 Å². The molecule has 0 radical (unpaired) electrons. The number of para-hydroxylation sites is 1. The highest BCUT2D eigenvalue weighted by atomic mass is 79.9. The third kappa shape index (κ3) is 4.27. The van der Waals surface area contributed by atoms with Gasteiger partial charge in [0.05, 0.1) is 36.2 Å². The highest BCUT2D eigenvalue weighted by Crippen LogP contribution is 2.54. The van der Waals surface area contributed by atoms with E-state index in [0.717, 1.165) is 69.7 Å². The van der Waals surface area contributed by atoms with Crippen LogP contribution in [0, 0.1) is 0 Å². The van der Waals surface area contributed by atoms with Crippen LogP contribution in [0.25, 0.3) is 0 Å². The zero-order valence-electron chi connectivity index (χ0n) is 19.7. The van der Waals surface area contributed by atoms with E-state index in [4.69, 9.17) is 15.5 Å². The van der Waals surface area contributed by atoms with Gasteiger partial charge in [-0.05, 0) is 88.6 Å². The average Bonchev–Trinajstić information content (AvgIpc) is 3.46. The quantitative estimate of drug-likeness (QED) is 0.375. The number of hydrogen-bond donors (Lipinski definition) is 1. The highest BCUT2D eigenvalue weighted by Gasteiger charge is 2.52. The third-order valence-electron chi connectivity index (χ3n) is 7.02. The average molecular weight is 530 g/mol. The number of carbonyl (C=O) groups is 1. The number of nitrogens with two attached hydrogens (primary N) is 1. The molecule has 0 unspecified atom stereocenters. The van der Waals surface area contributed by atoms with Gasteiger partial charge in [-0.2, -0.15) is 0 Å². The number of benzene rings is 3. The van der Waals surface area contributed by atoms with E-state index in [1.54, 1.807) is 7.11 Å². The van der Waals surface area contributed by atoms with Crippen molar-refractivity contribution in [2.75, 3.05) is 12.0 Å². The number of methoxy groups -OCH3 is 1. The number of hydrogen-bond acceptors (Lipinski definition) is 4. The first-order chi connectivity index (χ1) is 17.1. The Morgan fingerprint density at radius 2 is 1.83 bits per heavy atom. The normalized spacial score (nSPS) is 16.9. The van der Waals surface area contributed by atoms with Gasteiger partial charge in [-0.25, -0.2) is 4.99 Å². The molecule has 35 heavy (non-hydrogen) atoms. The standard InChI is InChI=1S/C29H28BrN3O2/c1-35-23-11-9-20(10-12-23)19-33-27-24(29(28(33)34)14-5-6-15-29)17-21(18-25(27)30)26(13-16-31)32-22-7-3-2-4-8-22/h2-4,7-13,16-18H,5-6,14-15,19,31H2,1H3. The van der Waals surface area contributed by atoms with Crippen LogP contribution in [0.1, 0.15) is 42.4 Å². The van der Waals surface area contributed by atoms with Gasteiger partial charge < -0.3 is 15.4 Å². The van der Waals surface area contributed by atoms with Crippen LogP contribution in [-0.4, -0.2) is 18.7 Å². The minimum atomic E-state index is -0.482. The summed E-state index contributed by atoms with van der Waals surface area (Å²) in [6.07, 6.45) is 7.16. The molecule has 3 aromatic rings. The number of allylic oxidation sites excluding steroid dienone is 1. The minimum absolute atomic E-state index is 0.189. The Balaban J connectivity index is 1.61. The van der Waals surface area contributed by atoms with Gasteiger partial charge in [0.1, 0.15) is 5.75 Å².